The van der Waals surface area contributed by atoms with E-state index >= 15 is 0 Å². The van der Waals surface area contributed by atoms with Crippen molar-refractivity contribution in [1.82, 2.24) is 14.1 Å². The third kappa shape index (κ3) is 4.97. The van der Waals surface area contributed by atoms with E-state index in [4.69, 9.17) is 17.2 Å². The van der Waals surface area contributed by atoms with Gasteiger partial charge in [0.15, 0.2) is 14.8 Å². The fourth-order valence-corrected chi connectivity index (χ4v) is 6.54. The van der Waals surface area contributed by atoms with Gasteiger partial charge in [-0.1, -0.05) is 71.6 Å². The molecule has 0 aliphatic carbocycles. The Morgan fingerprint density at radius 1 is 1.00 bits per heavy atom. The molecular weight excluding hydrogens is 533 g/mol. The second-order valence-electron chi connectivity index (χ2n) is 8.78. The molecule has 38 heavy (non-hydrogen) atoms. The number of hydrogen-bond donors (Lipinski definition) is 0. The average molecular weight is 559 g/mol. The van der Waals surface area contributed by atoms with E-state index in [-0.39, 0.29) is 17.2 Å². The molecule has 0 saturated carbocycles. The van der Waals surface area contributed by atoms with E-state index in [1.54, 1.807) is 9.47 Å². The molecule has 9 heteroatoms. The number of thioether (sulfide) groups is 1. The van der Waals surface area contributed by atoms with Crippen LogP contribution in [0.5, 0.6) is 0 Å². The Morgan fingerprint density at radius 3 is 2.45 bits per heavy atom. The van der Waals surface area contributed by atoms with Gasteiger partial charge in [0, 0.05) is 12.2 Å². The third-order valence-corrected chi connectivity index (χ3v) is 8.48. The number of rotatable bonds is 7. The van der Waals surface area contributed by atoms with E-state index in [1.807, 2.05) is 104 Å². The zero-order chi connectivity index (χ0) is 26.8. The van der Waals surface area contributed by atoms with Crippen LogP contribution in [0.1, 0.15) is 18.1 Å². The number of carbonyl (C=O) groups excluding carboxylic acids is 1. The summed E-state index contributed by atoms with van der Waals surface area (Å²) >= 11 is 8.22. The highest BCUT2D eigenvalue weighted by Crippen LogP contribution is 2.29. The van der Waals surface area contributed by atoms with Crippen LogP contribution in [0.25, 0.3) is 21.7 Å². The Kier molecular flexibility index (Phi) is 7.60. The summed E-state index contributed by atoms with van der Waals surface area (Å²) in [6.07, 6.45) is 0. The highest BCUT2D eigenvalue weighted by atomic mass is 32.2. The summed E-state index contributed by atoms with van der Waals surface area (Å²) in [6.45, 7) is 6.51. The van der Waals surface area contributed by atoms with Crippen LogP contribution < -0.4 is 10.5 Å². The minimum atomic E-state index is -0.203. The number of benzene rings is 3. The molecule has 0 unspecified atom stereocenters. The SMILES string of the molecule is CCN(C(=O)CSc1nc2c(sc(=S)n2-c2ccccc2C)c(=O)n1-c1ccccc1)c1cccc(C)c1. The van der Waals surface area contributed by atoms with Gasteiger partial charge in [0.1, 0.15) is 4.70 Å². The molecule has 1 amide bonds. The summed E-state index contributed by atoms with van der Waals surface area (Å²) in [6, 6.07) is 25.2. The fraction of sp³-hybridized carbons (Fsp3) is 0.172. The lowest BCUT2D eigenvalue weighted by Crippen LogP contribution is -2.32. The number of para-hydroxylation sites is 2. The number of nitrogens with zero attached hydrogens (tertiary/aromatic N) is 4. The van der Waals surface area contributed by atoms with Crippen LogP contribution in [0.3, 0.4) is 0 Å². The molecular formula is C29H26N4O2S3. The molecule has 0 fully saturated rings. The topological polar surface area (TPSA) is 60.1 Å². The number of aryl methyl sites for hydroxylation is 2. The van der Waals surface area contributed by atoms with Crippen LogP contribution in [0.4, 0.5) is 5.69 Å². The van der Waals surface area contributed by atoms with Crippen molar-refractivity contribution in [2.45, 2.75) is 25.9 Å². The molecule has 0 radical (unpaired) electrons. The van der Waals surface area contributed by atoms with E-state index in [1.165, 1.54) is 23.1 Å². The van der Waals surface area contributed by atoms with Crippen LogP contribution >= 0.6 is 35.3 Å². The molecule has 0 N–H and O–H groups in total. The van der Waals surface area contributed by atoms with Crippen LogP contribution in [0.2, 0.25) is 0 Å². The molecule has 0 spiro atoms. The molecule has 0 saturated heterocycles. The van der Waals surface area contributed by atoms with Crippen molar-refractivity contribution in [3.8, 4) is 11.4 Å². The summed E-state index contributed by atoms with van der Waals surface area (Å²) in [5.74, 6) is 0.0695. The van der Waals surface area contributed by atoms with Crippen molar-refractivity contribution in [3.63, 3.8) is 0 Å². The third-order valence-electron chi connectivity index (χ3n) is 6.20. The first kappa shape index (κ1) is 26.1. The number of anilines is 1. The first-order chi connectivity index (χ1) is 18.4. The molecule has 0 aliphatic rings. The van der Waals surface area contributed by atoms with E-state index < -0.39 is 0 Å². The normalized spacial score (nSPS) is 11.1. The summed E-state index contributed by atoms with van der Waals surface area (Å²) in [5, 5.41) is 0.442. The molecule has 5 rings (SSSR count). The van der Waals surface area contributed by atoms with Crippen LogP contribution in [-0.2, 0) is 4.79 Å². The van der Waals surface area contributed by atoms with Gasteiger partial charge in [-0.2, -0.15) is 0 Å². The Bertz CT molecular complexity index is 1760. The largest absolute Gasteiger partial charge is 0.312 e. The smallest absolute Gasteiger partial charge is 0.278 e. The number of fused-ring (bicyclic) bond motifs is 1. The Hall–Kier alpha value is -3.53. The number of carbonyl (C=O) groups is 1. The van der Waals surface area contributed by atoms with Crippen molar-refractivity contribution < 1.29 is 4.79 Å². The first-order valence-electron chi connectivity index (χ1n) is 12.2. The van der Waals surface area contributed by atoms with Crippen LogP contribution in [0, 0.1) is 17.8 Å². The fourth-order valence-electron chi connectivity index (χ4n) is 4.37. The van der Waals surface area contributed by atoms with Crippen molar-refractivity contribution in [2.24, 2.45) is 0 Å². The summed E-state index contributed by atoms with van der Waals surface area (Å²) < 4.78 is 4.47. The lowest BCUT2D eigenvalue weighted by atomic mass is 10.2. The van der Waals surface area contributed by atoms with Crippen molar-refractivity contribution in [2.75, 3.05) is 17.2 Å². The van der Waals surface area contributed by atoms with E-state index in [9.17, 15) is 9.59 Å². The van der Waals surface area contributed by atoms with E-state index in [0.29, 0.717) is 31.7 Å². The molecule has 0 aliphatic heterocycles. The van der Waals surface area contributed by atoms with Crippen molar-refractivity contribution in [3.05, 3.63) is 104 Å². The molecule has 2 heterocycles. The molecule has 3 aromatic carbocycles. The lowest BCUT2D eigenvalue weighted by Gasteiger charge is -2.21. The van der Waals surface area contributed by atoms with Crippen LogP contribution in [0.15, 0.2) is 88.8 Å². The number of aromatic nitrogens is 3. The van der Waals surface area contributed by atoms with Gasteiger partial charge in [-0.05, 0) is 74.4 Å². The van der Waals surface area contributed by atoms with Gasteiger partial charge < -0.3 is 4.90 Å². The second-order valence-corrected chi connectivity index (χ2v) is 11.4. The van der Waals surface area contributed by atoms with Crippen LogP contribution in [-0.4, -0.2) is 32.3 Å². The van der Waals surface area contributed by atoms with E-state index in [2.05, 4.69) is 0 Å². The molecule has 192 valence electrons. The van der Waals surface area contributed by atoms with Gasteiger partial charge in [0.25, 0.3) is 5.56 Å². The summed E-state index contributed by atoms with van der Waals surface area (Å²) in [5.41, 5.74) is 4.85. The number of amides is 1. The van der Waals surface area contributed by atoms with Gasteiger partial charge in [-0.3, -0.25) is 18.7 Å². The zero-order valence-electron chi connectivity index (χ0n) is 21.2. The van der Waals surface area contributed by atoms with Crippen molar-refractivity contribution >= 4 is 57.3 Å². The molecule has 2 aromatic heterocycles. The first-order valence-corrected chi connectivity index (χ1v) is 14.4. The zero-order valence-corrected chi connectivity index (χ0v) is 23.7. The number of thiazole rings is 1. The Balaban J connectivity index is 1.62. The highest BCUT2D eigenvalue weighted by molar-refractivity contribution is 7.99. The standard InChI is InChI=1S/C29H26N4O2S3/c1-4-31(22-15-10-11-19(2)17-22)24(34)18-37-28-30-26-25(27(35)32(28)21-13-6-5-7-14-21)38-29(36)33(26)23-16-9-8-12-20(23)3/h5-17H,4,18H2,1-3H3. The average Bonchev–Trinajstić information content (AvgIpc) is 3.24. The maximum absolute atomic E-state index is 13.9. The molecule has 5 aromatic rings. The van der Waals surface area contributed by atoms with Gasteiger partial charge in [0.05, 0.1) is 17.1 Å². The second kappa shape index (κ2) is 11.1. The molecule has 6 nitrogen and oxygen atoms in total. The maximum atomic E-state index is 13.9. The predicted octanol–water partition coefficient (Wildman–Crippen LogP) is 6.73. The minimum Gasteiger partial charge on any atom is -0.312 e. The van der Waals surface area contributed by atoms with Crippen molar-refractivity contribution in [1.29, 1.82) is 0 Å². The quantitative estimate of drug-likeness (QED) is 0.126. The lowest BCUT2D eigenvalue weighted by molar-refractivity contribution is -0.116. The predicted molar refractivity (Wildman–Crippen MR) is 160 cm³/mol. The minimum absolute atomic E-state index is 0.0573. The van der Waals surface area contributed by atoms with Gasteiger partial charge >= 0.3 is 0 Å². The molecule has 0 bridgehead atoms. The molecule has 0 atom stereocenters. The highest BCUT2D eigenvalue weighted by Gasteiger charge is 2.21. The summed E-state index contributed by atoms with van der Waals surface area (Å²) in [7, 11) is 0. The monoisotopic (exact) mass is 558 g/mol. The van der Waals surface area contributed by atoms with Gasteiger partial charge in [-0.15, -0.1) is 0 Å². The Morgan fingerprint density at radius 2 is 1.74 bits per heavy atom. The number of hydrogen-bond acceptors (Lipinski definition) is 6. The van der Waals surface area contributed by atoms with Gasteiger partial charge in [-0.25, -0.2) is 4.98 Å². The van der Waals surface area contributed by atoms with Gasteiger partial charge in [0.2, 0.25) is 5.91 Å². The van der Waals surface area contributed by atoms with E-state index in [0.717, 1.165) is 22.5 Å². The maximum Gasteiger partial charge on any atom is 0.278 e. The Labute approximate surface area is 234 Å². The summed E-state index contributed by atoms with van der Waals surface area (Å²) in [4.78, 5) is 34.0.